The molecule has 15 heavy (non-hydrogen) atoms. The van der Waals surface area contributed by atoms with Gasteiger partial charge >= 0.3 is 5.97 Å². The van der Waals surface area contributed by atoms with Crippen LogP contribution in [0.2, 0.25) is 0 Å². The SMILES string of the molecule is Cc1ccc2c(C(=O)O)nc(C)cc2c1. The first kappa shape index (κ1) is 9.65. The summed E-state index contributed by atoms with van der Waals surface area (Å²) in [6.45, 7) is 3.78. The van der Waals surface area contributed by atoms with Crippen LogP contribution in [0, 0.1) is 13.8 Å². The van der Waals surface area contributed by atoms with E-state index in [9.17, 15) is 4.79 Å². The third kappa shape index (κ3) is 1.68. The van der Waals surface area contributed by atoms with Crippen LogP contribution in [0.3, 0.4) is 0 Å². The minimum atomic E-state index is -0.979. The van der Waals surface area contributed by atoms with Crippen molar-refractivity contribution in [2.75, 3.05) is 0 Å². The highest BCUT2D eigenvalue weighted by Gasteiger charge is 2.10. The van der Waals surface area contributed by atoms with Crippen LogP contribution in [0.5, 0.6) is 0 Å². The monoisotopic (exact) mass is 201 g/mol. The summed E-state index contributed by atoms with van der Waals surface area (Å²) in [6, 6.07) is 7.57. The average molecular weight is 201 g/mol. The zero-order valence-electron chi connectivity index (χ0n) is 8.61. The van der Waals surface area contributed by atoms with E-state index in [4.69, 9.17) is 5.11 Å². The molecule has 1 aromatic heterocycles. The number of rotatable bonds is 1. The molecule has 0 bridgehead atoms. The second kappa shape index (κ2) is 3.35. The molecule has 0 atom stereocenters. The molecule has 0 aliphatic rings. The molecule has 2 rings (SSSR count). The lowest BCUT2D eigenvalue weighted by molar-refractivity contribution is 0.0692. The number of benzene rings is 1. The van der Waals surface area contributed by atoms with Gasteiger partial charge < -0.3 is 5.11 Å². The zero-order valence-corrected chi connectivity index (χ0v) is 8.61. The molecule has 3 nitrogen and oxygen atoms in total. The number of carboxylic acid groups (broad SMARTS) is 1. The van der Waals surface area contributed by atoms with Crippen molar-refractivity contribution < 1.29 is 9.90 Å². The molecule has 0 amide bonds. The average Bonchev–Trinajstić information content (AvgIpc) is 2.15. The highest BCUT2D eigenvalue weighted by molar-refractivity contribution is 6.02. The summed E-state index contributed by atoms with van der Waals surface area (Å²) in [5.41, 5.74) is 1.97. The highest BCUT2D eigenvalue weighted by Crippen LogP contribution is 2.19. The third-order valence-corrected chi connectivity index (χ3v) is 2.32. The molecule has 2 aromatic rings. The molecule has 0 fully saturated rings. The molecule has 0 aliphatic carbocycles. The van der Waals surface area contributed by atoms with Crippen LogP contribution < -0.4 is 0 Å². The van der Waals surface area contributed by atoms with E-state index in [2.05, 4.69) is 4.98 Å². The fraction of sp³-hybridized carbons (Fsp3) is 0.167. The molecule has 0 spiro atoms. The number of nitrogens with zero attached hydrogens (tertiary/aromatic N) is 1. The molecule has 1 aromatic carbocycles. The maximum Gasteiger partial charge on any atom is 0.355 e. The van der Waals surface area contributed by atoms with Crippen molar-refractivity contribution in [3.8, 4) is 0 Å². The van der Waals surface area contributed by atoms with Gasteiger partial charge in [-0.2, -0.15) is 0 Å². The largest absolute Gasteiger partial charge is 0.476 e. The molecule has 76 valence electrons. The fourth-order valence-electron chi connectivity index (χ4n) is 1.67. The molecule has 0 radical (unpaired) electrons. The predicted octanol–water partition coefficient (Wildman–Crippen LogP) is 2.55. The number of aromatic nitrogens is 1. The van der Waals surface area contributed by atoms with Crippen molar-refractivity contribution in [1.29, 1.82) is 0 Å². The third-order valence-electron chi connectivity index (χ3n) is 2.32. The van der Waals surface area contributed by atoms with Gasteiger partial charge in [-0.05, 0) is 25.3 Å². The number of hydrogen-bond donors (Lipinski definition) is 1. The van der Waals surface area contributed by atoms with Gasteiger partial charge in [-0.15, -0.1) is 0 Å². The van der Waals surface area contributed by atoms with Gasteiger partial charge in [-0.3, -0.25) is 0 Å². The molecule has 0 saturated carbocycles. The second-order valence-corrected chi connectivity index (χ2v) is 3.64. The number of carbonyl (C=O) groups is 1. The lowest BCUT2D eigenvalue weighted by Gasteiger charge is -2.04. The molecule has 3 heteroatoms. The van der Waals surface area contributed by atoms with E-state index in [0.29, 0.717) is 5.39 Å². The van der Waals surface area contributed by atoms with Crippen molar-refractivity contribution in [2.24, 2.45) is 0 Å². The first-order valence-corrected chi connectivity index (χ1v) is 4.69. The Morgan fingerprint density at radius 2 is 2.00 bits per heavy atom. The van der Waals surface area contributed by atoms with Crippen LogP contribution in [0.15, 0.2) is 24.3 Å². The van der Waals surface area contributed by atoms with Gasteiger partial charge in [-0.1, -0.05) is 23.8 Å². The first-order valence-electron chi connectivity index (χ1n) is 4.69. The van der Waals surface area contributed by atoms with Crippen LogP contribution in [0.4, 0.5) is 0 Å². The van der Waals surface area contributed by atoms with Crippen molar-refractivity contribution in [1.82, 2.24) is 4.98 Å². The number of carboxylic acids is 1. The molecule has 0 unspecified atom stereocenters. The second-order valence-electron chi connectivity index (χ2n) is 3.64. The minimum Gasteiger partial charge on any atom is -0.476 e. The Labute approximate surface area is 87.4 Å². The van der Waals surface area contributed by atoms with Crippen molar-refractivity contribution in [3.05, 3.63) is 41.2 Å². The van der Waals surface area contributed by atoms with Crippen molar-refractivity contribution in [2.45, 2.75) is 13.8 Å². The van der Waals surface area contributed by atoms with Crippen LogP contribution in [0.25, 0.3) is 10.8 Å². The van der Waals surface area contributed by atoms with Gasteiger partial charge in [0.25, 0.3) is 0 Å². The highest BCUT2D eigenvalue weighted by atomic mass is 16.4. The van der Waals surface area contributed by atoms with Crippen molar-refractivity contribution >= 4 is 16.7 Å². The predicted molar refractivity (Wildman–Crippen MR) is 58.2 cm³/mol. The van der Waals surface area contributed by atoms with Gasteiger partial charge in [0.15, 0.2) is 5.69 Å². The standard InChI is InChI=1S/C12H11NO2/c1-7-3-4-10-9(5-7)6-8(2)13-11(10)12(14)15/h3-6H,1-2H3,(H,14,15). The lowest BCUT2D eigenvalue weighted by atomic mass is 10.1. The van der Waals surface area contributed by atoms with Crippen molar-refractivity contribution in [3.63, 3.8) is 0 Å². The van der Waals surface area contributed by atoms with E-state index in [1.54, 1.807) is 13.0 Å². The van der Waals surface area contributed by atoms with E-state index in [1.165, 1.54) is 0 Å². The van der Waals surface area contributed by atoms with Gasteiger partial charge in [0.2, 0.25) is 0 Å². The molecule has 1 heterocycles. The van der Waals surface area contributed by atoms with Crippen LogP contribution in [-0.4, -0.2) is 16.1 Å². The molecule has 0 aliphatic heterocycles. The summed E-state index contributed by atoms with van der Waals surface area (Å²) < 4.78 is 0. The Morgan fingerprint density at radius 1 is 1.27 bits per heavy atom. The fourth-order valence-corrected chi connectivity index (χ4v) is 1.67. The van der Waals surface area contributed by atoms with Gasteiger partial charge in [-0.25, -0.2) is 9.78 Å². The Morgan fingerprint density at radius 3 is 2.67 bits per heavy atom. The summed E-state index contributed by atoms with van der Waals surface area (Å²) >= 11 is 0. The van der Waals surface area contributed by atoms with Gasteiger partial charge in [0, 0.05) is 11.1 Å². The van der Waals surface area contributed by atoms with E-state index < -0.39 is 5.97 Å². The Kier molecular flexibility index (Phi) is 2.15. The molecular weight excluding hydrogens is 190 g/mol. The Bertz CT molecular complexity index is 541. The Hall–Kier alpha value is -1.90. The summed E-state index contributed by atoms with van der Waals surface area (Å²) in [7, 11) is 0. The summed E-state index contributed by atoms with van der Waals surface area (Å²) in [6.07, 6.45) is 0. The number of aromatic carboxylic acids is 1. The van der Waals surface area contributed by atoms with E-state index in [-0.39, 0.29) is 5.69 Å². The smallest absolute Gasteiger partial charge is 0.355 e. The molecule has 1 N–H and O–H groups in total. The summed E-state index contributed by atoms with van der Waals surface area (Å²) in [5.74, 6) is -0.979. The maximum absolute atomic E-state index is 11.0. The number of fused-ring (bicyclic) bond motifs is 1. The number of aryl methyl sites for hydroxylation is 2. The van der Waals surface area contributed by atoms with E-state index in [1.807, 2.05) is 25.1 Å². The van der Waals surface area contributed by atoms with Gasteiger partial charge in [0.1, 0.15) is 0 Å². The normalized spacial score (nSPS) is 10.5. The quantitative estimate of drug-likeness (QED) is 0.771. The minimum absolute atomic E-state index is 0.130. The Balaban J connectivity index is 2.86. The van der Waals surface area contributed by atoms with Crippen LogP contribution in [0.1, 0.15) is 21.7 Å². The van der Waals surface area contributed by atoms with E-state index >= 15 is 0 Å². The maximum atomic E-state index is 11.0. The lowest BCUT2D eigenvalue weighted by Crippen LogP contribution is -2.02. The van der Waals surface area contributed by atoms with Gasteiger partial charge in [0.05, 0.1) is 0 Å². The number of hydrogen-bond acceptors (Lipinski definition) is 2. The summed E-state index contributed by atoms with van der Waals surface area (Å²) in [4.78, 5) is 15.0. The number of pyridine rings is 1. The molecule has 0 saturated heterocycles. The zero-order chi connectivity index (χ0) is 11.0. The van der Waals surface area contributed by atoms with Crippen LogP contribution in [-0.2, 0) is 0 Å². The molecular formula is C12H11NO2. The first-order chi connectivity index (χ1) is 7.08. The van der Waals surface area contributed by atoms with E-state index in [0.717, 1.165) is 16.6 Å². The topological polar surface area (TPSA) is 50.2 Å². The van der Waals surface area contributed by atoms with Crippen LogP contribution >= 0.6 is 0 Å². The summed E-state index contributed by atoms with van der Waals surface area (Å²) in [5, 5.41) is 10.6.